The topological polar surface area (TPSA) is 94.6 Å². The molecule has 29 heavy (non-hydrogen) atoms. The highest BCUT2D eigenvalue weighted by atomic mass is 16.1. The summed E-state index contributed by atoms with van der Waals surface area (Å²) in [5.41, 5.74) is -0.101. The summed E-state index contributed by atoms with van der Waals surface area (Å²) in [6.07, 6.45) is 6.74. The van der Waals surface area contributed by atoms with E-state index in [1.54, 1.807) is 23.3 Å². The van der Waals surface area contributed by atoms with Crippen LogP contribution in [0.3, 0.4) is 0 Å². The Morgan fingerprint density at radius 2 is 1.93 bits per heavy atom. The van der Waals surface area contributed by atoms with Crippen LogP contribution in [0.25, 0.3) is 16.6 Å². The smallest absolute Gasteiger partial charge is 0.266 e. The molecule has 9 nitrogen and oxygen atoms in total. The van der Waals surface area contributed by atoms with Gasteiger partial charge in [-0.3, -0.25) is 4.79 Å². The fraction of sp³-hybridized carbons (Fsp3) is 0.300. The van der Waals surface area contributed by atoms with Crippen molar-refractivity contribution in [3.05, 3.63) is 65.6 Å². The number of hydrogen-bond donors (Lipinski definition) is 0. The molecule has 9 heteroatoms. The summed E-state index contributed by atoms with van der Waals surface area (Å²) in [4.78, 5) is 18.5. The number of aromatic nitrogens is 7. The van der Waals surface area contributed by atoms with Gasteiger partial charge in [-0.2, -0.15) is 10.2 Å². The predicted octanol–water partition coefficient (Wildman–Crippen LogP) is 1.68. The van der Waals surface area contributed by atoms with Crippen molar-refractivity contribution in [3.63, 3.8) is 0 Å². The summed E-state index contributed by atoms with van der Waals surface area (Å²) in [6.45, 7) is 2.35. The summed E-state index contributed by atoms with van der Waals surface area (Å²) in [5, 5.41) is 19.3. The summed E-state index contributed by atoms with van der Waals surface area (Å²) in [5.74, 6) is 1.90. The minimum absolute atomic E-state index is 0.101. The summed E-state index contributed by atoms with van der Waals surface area (Å²) >= 11 is 0. The summed E-state index contributed by atoms with van der Waals surface area (Å²) < 4.78 is 3.09. The van der Waals surface area contributed by atoms with Gasteiger partial charge in [-0.1, -0.05) is 24.3 Å². The van der Waals surface area contributed by atoms with E-state index >= 15 is 0 Å². The lowest BCUT2D eigenvalue weighted by Crippen LogP contribution is -2.37. The molecule has 0 bridgehead atoms. The van der Waals surface area contributed by atoms with Gasteiger partial charge in [-0.05, 0) is 24.8 Å². The van der Waals surface area contributed by atoms with Crippen molar-refractivity contribution in [3.8, 4) is 5.82 Å². The van der Waals surface area contributed by atoms with Crippen molar-refractivity contribution in [2.75, 3.05) is 18.0 Å². The van der Waals surface area contributed by atoms with Gasteiger partial charge in [0.1, 0.15) is 12.7 Å². The third-order valence-electron chi connectivity index (χ3n) is 5.40. The first kappa shape index (κ1) is 17.5. The molecule has 0 atom stereocenters. The Bertz CT molecular complexity index is 1170. The lowest BCUT2D eigenvalue weighted by Gasteiger charge is -2.33. The van der Waals surface area contributed by atoms with Gasteiger partial charge in [0.2, 0.25) is 0 Å². The number of rotatable bonds is 4. The van der Waals surface area contributed by atoms with Crippen molar-refractivity contribution in [1.82, 2.24) is 34.7 Å². The third-order valence-corrected chi connectivity index (χ3v) is 5.40. The molecule has 0 aliphatic carbocycles. The zero-order chi connectivity index (χ0) is 19.6. The normalized spacial score (nSPS) is 15.1. The molecule has 5 rings (SSSR count). The maximum absolute atomic E-state index is 12.3. The zero-order valence-corrected chi connectivity index (χ0v) is 15.8. The zero-order valence-electron chi connectivity index (χ0n) is 15.8. The van der Waals surface area contributed by atoms with Crippen LogP contribution in [0, 0.1) is 5.92 Å². The third kappa shape index (κ3) is 3.46. The average molecular weight is 388 g/mol. The molecule has 1 aromatic carbocycles. The Hall–Kier alpha value is -3.62. The van der Waals surface area contributed by atoms with E-state index in [4.69, 9.17) is 0 Å². The van der Waals surface area contributed by atoms with Gasteiger partial charge in [-0.15, -0.1) is 10.2 Å². The molecule has 0 N–H and O–H groups in total. The fourth-order valence-corrected chi connectivity index (χ4v) is 3.84. The first-order valence-electron chi connectivity index (χ1n) is 9.66. The van der Waals surface area contributed by atoms with Crippen molar-refractivity contribution < 1.29 is 0 Å². The first-order valence-corrected chi connectivity index (χ1v) is 9.66. The lowest BCUT2D eigenvalue weighted by molar-refractivity contribution is 0.333. The quantitative estimate of drug-likeness (QED) is 0.525. The van der Waals surface area contributed by atoms with Gasteiger partial charge in [0.15, 0.2) is 11.6 Å². The molecule has 0 amide bonds. The molecule has 1 aliphatic rings. The second kappa shape index (κ2) is 7.42. The molecule has 0 saturated carbocycles. The lowest BCUT2D eigenvalue weighted by atomic mass is 9.96. The Kier molecular flexibility index (Phi) is 4.47. The van der Waals surface area contributed by atoms with Gasteiger partial charge in [0, 0.05) is 36.5 Å². The highest BCUT2D eigenvalue weighted by Gasteiger charge is 2.23. The van der Waals surface area contributed by atoms with Crippen LogP contribution in [0.5, 0.6) is 0 Å². The first-order chi connectivity index (χ1) is 14.3. The van der Waals surface area contributed by atoms with E-state index in [1.807, 2.05) is 12.1 Å². The van der Waals surface area contributed by atoms with Crippen molar-refractivity contribution >= 4 is 16.6 Å². The molecule has 0 unspecified atom stereocenters. The minimum atomic E-state index is -0.101. The van der Waals surface area contributed by atoms with Crippen LogP contribution >= 0.6 is 0 Å². The highest BCUT2D eigenvalue weighted by molar-refractivity contribution is 5.91. The molecular weight excluding hydrogens is 368 g/mol. The Morgan fingerprint density at radius 1 is 1.07 bits per heavy atom. The molecule has 1 aliphatic heterocycles. The van der Waals surface area contributed by atoms with E-state index in [-0.39, 0.29) is 5.56 Å². The summed E-state index contributed by atoms with van der Waals surface area (Å²) in [7, 11) is 0. The van der Waals surface area contributed by atoms with Crippen LogP contribution in [0.4, 0.5) is 5.82 Å². The maximum Gasteiger partial charge on any atom is 0.266 e. The Labute approximate surface area is 166 Å². The largest absolute Gasteiger partial charge is 0.355 e. The minimum Gasteiger partial charge on any atom is -0.355 e. The number of piperidine rings is 1. The number of anilines is 1. The van der Waals surface area contributed by atoms with Crippen LogP contribution in [-0.2, 0) is 6.54 Å². The van der Waals surface area contributed by atoms with Crippen molar-refractivity contribution in [1.29, 1.82) is 0 Å². The molecule has 4 heterocycles. The molecule has 1 fully saturated rings. The van der Waals surface area contributed by atoms with Crippen molar-refractivity contribution in [2.24, 2.45) is 5.92 Å². The SMILES string of the molecule is O=c1ccc(-n2cncn2)nn1CC1CCN(c2nncc3ccccc23)CC1. The van der Waals surface area contributed by atoms with E-state index in [0.717, 1.165) is 42.5 Å². The van der Waals surface area contributed by atoms with Gasteiger partial charge in [0.05, 0.1) is 6.20 Å². The second-order valence-corrected chi connectivity index (χ2v) is 7.24. The van der Waals surface area contributed by atoms with E-state index in [9.17, 15) is 4.79 Å². The van der Waals surface area contributed by atoms with Gasteiger partial charge in [0.25, 0.3) is 5.56 Å². The summed E-state index contributed by atoms with van der Waals surface area (Å²) in [6, 6.07) is 11.4. The number of benzene rings is 1. The Morgan fingerprint density at radius 3 is 2.76 bits per heavy atom. The van der Waals surface area contributed by atoms with Gasteiger partial charge < -0.3 is 4.90 Å². The molecule has 0 radical (unpaired) electrons. The van der Waals surface area contributed by atoms with Crippen LogP contribution < -0.4 is 10.5 Å². The number of nitrogens with zero attached hydrogens (tertiary/aromatic N) is 8. The van der Waals surface area contributed by atoms with Crippen LogP contribution in [0.1, 0.15) is 12.8 Å². The van der Waals surface area contributed by atoms with E-state index in [1.165, 1.54) is 17.1 Å². The predicted molar refractivity (Wildman–Crippen MR) is 108 cm³/mol. The van der Waals surface area contributed by atoms with E-state index in [2.05, 4.69) is 42.4 Å². The standard InChI is InChI=1S/C20H20N8O/c29-19-6-5-18(28-14-21-13-23-28)25-27(19)12-15-7-9-26(10-8-15)20-17-4-2-1-3-16(17)11-22-24-20/h1-6,11,13-15H,7-10,12H2. The van der Waals surface area contributed by atoms with Crippen molar-refractivity contribution in [2.45, 2.75) is 19.4 Å². The molecule has 3 aromatic heterocycles. The molecule has 4 aromatic rings. The molecular formula is C20H20N8O. The number of fused-ring (bicyclic) bond motifs is 1. The van der Waals surface area contributed by atoms with E-state index < -0.39 is 0 Å². The molecule has 146 valence electrons. The van der Waals surface area contributed by atoms with Gasteiger partial charge in [-0.25, -0.2) is 14.3 Å². The highest BCUT2D eigenvalue weighted by Crippen LogP contribution is 2.27. The van der Waals surface area contributed by atoms with Crippen LogP contribution in [0.2, 0.25) is 0 Å². The second-order valence-electron chi connectivity index (χ2n) is 7.24. The fourth-order valence-electron chi connectivity index (χ4n) is 3.84. The number of hydrogen-bond acceptors (Lipinski definition) is 7. The van der Waals surface area contributed by atoms with E-state index in [0.29, 0.717) is 18.3 Å². The van der Waals surface area contributed by atoms with Crippen LogP contribution in [0.15, 0.2) is 60.0 Å². The monoisotopic (exact) mass is 388 g/mol. The van der Waals surface area contributed by atoms with Gasteiger partial charge >= 0.3 is 0 Å². The average Bonchev–Trinajstić information content (AvgIpc) is 3.30. The maximum atomic E-state index is 12.3. The Balaban J connectivity index is 1.30. The molecule has 0 spiro atoms. The molecule has 1 saturated heterocycles. The van der Waals surface area contributed by atoms with Crippen LogP contribution in [-0.4, -0.2) is 47.8 Å².